The molecule has 21 heavy (non-hydrogen) atoms. The Morgan fingerprint density at radius 1 is 1.33 bits per heavy atom. The number of carbonyl (C=O) groups is 1. The van der Waals surface area contributed by atoms with Gasteiger partial charge in [0.15, 0.2) is 0 Å². The number of aliphatic hydroxyl groups is 2. The van der Waals surface area contributed by atoms with E-state index in [1.807, 2.05) is 0 Å². The SMILES string of the molecule is O=C(c1sccc1C#CCCO)N(CCO)CC(F)(F)F. The van der Waals surface area contributed by atoms with Crippen LogP contribution in [0.3, 0.4) is 0 Å². The fourth-order valence-electron chi connectivity index (χ4n) is 1.52. The molecule has 0 aliphatic heterocycles. The Kier molecular flexibility index (Phi) is 6.68. The Labute approximate surface area is 123 Å². The minimum Gasteiger partial charge on any atom is -0.395 e. The number of nitrogens with zero attached hydrogens (tertiary/aromatic N) is 1. The first-order valence-electron chi connectivity index (χ1n) is 6.03. The number of hydrogen-bond acceptors (Lipinski definition) is 4. The molecule has 2 N–H and O–H groups in total. The first kappa shape index (κ1) is 17.5. The zero-order chi connectivity index (χ0) is 15.9. The van der Waals surface area contributed by atoms with Crippen molar-refractivity contribution < 1.29 is 28.2 Å². The highest BCUT2D eigenvalue weighted by atomic mass is 32.1. The second kappa shape index (κ2) is 8.02. The van der Waals surface area contributed by atoms with Crippen molar-refractivity contribution in [2.45, 2.75) is 12.6 Å². The summed E-state index contributed by atoms with van der Waals surface area (Å²) in [5.74, 6) is 4.45. The van der Waals surface area contributed by atoms with E-state index in [-0.39, 0.29) is 17.9 Å². The summed E-state index contributed by atoms with van der Waals surface area (Å²) in [5, 5.41) is 19.0. The molecule has 0 atom stereocenters. The van der Waals surface area contributed by atoms with Crippen molar-refractivity contribution in [1.82, 2.24) is 4.90 Å². The molecule has 0 saturated heterocycles. The molecular weight excluding hydrogens is 307 g/mol. The first-order valence-corrected chi connectivity index (χ1v) is 6.91. The quantitative estimate of drug-likeness (QED) is 0.808. The molecule has 1 rings (SSSR count). The van der Waals surface area contributed by atoms with E-state index in [9.17, 15) is 18.0 Å². The molecule has 0 radical (unpaired) electrons. The number of amides is 1. The van der Waals surface area contributed by atoms with Gasteiger partial charge in [-0.1, -0.05) is 11.8 Å². The van der Waals surface area contributed by atoms with Crippen molar-refractivity contribution in [2.75, 3.05) is 26.3 Å². The number of halogens is 3. The lowest BCUT2D eigenvalue weighted by Gasteiger charge is -2.22. The van der Waals surface area contributed by atoms with Crippen LogP contribution in [0.2, 0.25) is 0 Å². The Hall–Kier alpha value is -1.56. The molecule has 1 heterocycles. The van der Waals surface area contributed by atoms with Crippen molar-refractivity contribution in [3.8, 4) is 11.8 Å². The number of alkyl halides is 3. The van der Waals surface area contributed by atoms with Crippen molar-refractivity contribution >= 4 is 17.2 Å². The van der Waals surface area contributed by atoms with E-state index in [2.05, 4.69) is 11.8 Å². The van der Waals surface area contributed by atoms with Gasteiger partial charge in [-0.25, -0.2) is 0 Å². The monoisotopic (exact) mass is 321 g/mol. The molecule has 0 fully saturated rings. The maximum atomic E-state index is 12.5. The number of aliphatic hydroxyl groups excluding tert-OH is 2. The molecule has 116 valence electrons. The van der Waals surface area contributed by atoms with Crippen LogP contribution in [0.15, 0.2) is 11.4 Å². The van der Waals surface area contributed by atoms with Gasteiger partial charge in [0.2, 0.25) is 0 Å². The summed E-state index contributed by atoms with van der Waals surface area (Å²) in [5.41, 5.74) is 0.323. The van der Waals surface area contributed by atoms with E-state index >= 15 is 0 Å². The zero-order valence-electron chi connectivity index (χ0n) is 11.0. The van der Waals surface area contributed by atoms with E-state index in [4.69, 9.17) is 10.2 Å². The highest BCUT2D eigenvalue weighted by Crippen LogP contribution is 2.22. The maximum absolute atomic E-state index is 12.5. The van der Waals surface area contributed by atoms with E-state index < -0.39 is 31.8 Å². The second-order valence-corrected chi connectivity index (χ2v) is 4.92. The van der Waals surface area contributed by atoms with Gasteiger partial charge in [-0.05, 0) is 11.4 Å². The third-order valence-corrected chi connectivity index (χ3v) is 3.25. The summed E-state index contributed by atoms with van der Waals surface area (Å²) in [6.07, 6.45) is -4.32. The number of carbonyl (C=O) groups excluding carboxylic acids is 1. The molecule has 4 nitrogen and oxygen atoms in total. The third-order valence-electron chi connectivity index (χ3n) is 2.35. The summed E-state index contributed by atoms with van der Waals surface area (Å²) in [6.45, 7) is -2.52. The van der Waals surface area contributed by atoms with Gasteiger partial charge in [-0.2, -0.15) is 13.2 Å². The van der Waals surface area contributed by atoms with Crippen LogP contribution >= 0.6 is 11.3 Å². The van der Waals surface area contributed by atoms with Crippen LogP contribution in [0.4, 0.5) is 13.2 Å². The summed E-state index contributed by atoms with van der Waals surface area (Å²) in [4.78, 5) is 12.8. The molecule has 0 unspecified atom stereocenters. The van der Waals surface area contributed by atoms with E-state index in [1.54, 1.807) is 5.38 Å². The lowest BCUT2D eigenvalue weighted by molar-refractivity contribution is -0.141. The molecule has 0 aromatic carbocycles. The fourth-order valence-corrected chi connectivity index (χ4v) is 2.34. The largest absolute Gasteiger partial charge is 0.406 e. The number of thiophene rings is 1. The zero-order valence-corrected chi connectivity index (χ0v) is 11.8. The van der Waals surface area contributed by atoms with E-state index in [0.29, 0.717) is 10.5 Å². The molecule has 0 spiro atoms. The van der Waals surface area contributed by atoms with Crippen molar-refractivity contribution in [2.24, 2.45) is 0 Å². The molecule has 8 heteroatoms. The first-order chi connectivity index (χ1) is 9.89. The molecular formula is C13H14F3NO3S. The van der Waals surface area contributed by atoms with Crippen LogP contribution < -0.4 is 0 Å². The molecule has 0 aliphatic rings. The van der Waals surface area contributed by atoms with Crippen LogP contribution in [0.25, 0.3) is 0 Å². The summed E-state index contributed by atoms with van der Waals surface area (Å²) in [7, 11) is 0. The lowest BCUT2D eigenvalue weighted by atomic mass is 10.2. The smallest absolute Gasteiger partial charge is 0.395 e. The highest BCUT2D eigenvalue weighted by Gasteiger charge is 2.33. The minimum absolute atomic E-state index is 0.0955. The minimum atomic E-state index is -4.54. The summed E-state index contributed by atoms with van der Waals surface area (Å²) < 4.78 is 37.4. The average molecular weight is 321 g/mol. The van der Waals surface area contributed by atoms with Gasteiger partial charge in [-0.3, -0.25) is 4.79 Å². The maximum Gasteiger partial charge on any atom is 0.406 e. The van der Waals surface area contributed by atoms with Gasteiger partial charge in [-0.15, -0.1) is 11.3 Å². The predicted octanol–water partition coefficient (Wildman–Crippen LogP) is 1.48. The second-order valence-electron chi connectivity index (χ2n) is 4.00. The van der Waals surface area contributed by atoms with Crippen molar-refractivity contribution in [3.63, 3.8) is 0 Å². The number of rotatable bonds is 5. The van der Waals surface area contributed by atoms with Gasteiger partial charge in [0.25, 0.3) is 5.91 Å². The van der Waals surface area contributed by atoms with Gasteiger partial charge in [0.1, 0.15) is 11.4 Å². The molecule has 0 saturated carbocycles. The standard InChI is InChI=1S/C13H14F3NO3S/c14-13(15,16)9-17(5-7-19)12(20)11-10(4-8-21-11)3-1-2-6-18/h4,8,18-19H,2,5-7,9H2. The van der Waals surface area contributed by atoms with Gasteiger partial charge in [0, 0.05) is 18.5 Å². The molecule has 1 aromatic rings. The number of hydrogen-bond donors (Lipinski definition) is 2. The Morgan fingerprint density at radius 2 is 2.05 bits per heavy atom. The average Bonchev–Trinajstić information content (AvgIpc) is 2.84. The van der Waals surface area contributed by atoms with Crippen LogP contribution in [-0.4, -0.2) is 53.5 Å². The Bertz CT molecular complexity index is 531. The Balaban J connectivity index is 2.95. The highest BCUT2D eigenvalue weighted by molar-refractivity contribution is 7.12. The Morgan fingerprint density at radius 3 is 2.62 bits per heavy atom. The molecule has 0 bridgehead atoms. The van der Waals surface area contributed by atoms with Crippen LogP contribution in [0, 0.1) is 11.8 Å². The van der Waals surface area contributed by atoms with Crippen LogP contribution in [0.1, 0.15) is 21.7 Å². The van der Waals surface area contributed by atoms with E-state index in [0.717, 1.165) is 11.3 Å². The fraction of sp³-hybridized carbons (Fsp3) is 0.462. The van der Waals surface area contributed by atoms with Crippen molar-refractivity contribution in [3.05, 3.63) is 21.9 Å². The lowest BCUT2D eigenvalue weighted by Crippen LogP contribution is -2.40. The van der Waals surface area contributed by atoms with Gasteiger partial charge < -0.3 is 15.1 Å². The molecule has 1 aromatic heterocycles. The summed E-state index contributed by atoms with van der Waals surface area (Å²) >= 11 is 0.991. The molecule has 1 amide bonds. The third kappa shape index (κ3) is 5.75. The molecule has 0 aliphatic carbocycles. The van der Waals surface area contributed by atoms with Crippen LogP contribution in [-0.2, 0) is 0 Å². The van der Waals surface area contributed by atoms with E-state index in [1.165, 1.54) is 6.07 Å². The van der Waals surface area contributed by atoms with Gasteiger partial charge in [0.05, 0.1) is 13.2 Å². The normalized spacial score (nSPS) is 10.9. The van der Waals surface area contributed by atoms with Crippen LogP contribution in [0.5, 0.6) is 0 Å². The summed E-state index contributed by atoms with van der Waals surface area (Å²) in [6, 6.07) is 1.53. The van der Waals surface area contributed by atoms with Crippen molar-refractivity contribution in [1.29, 1.82) is 0 Å². The predicted molar refractivity (Wildman–Crippen MR) is 71.9 cm³/mol. The van der Waals surface area contributed by atoms with Gasteiger partial charge >= 0.3 is 6.18 Å². The topological polar surface area (TPSA) is 60.8 Å².